The standard InChI is InChI=1S/C15H15ClN2O5/c1-8(13(19)18-15(21)17-2)23-14(20)10-5-9-6-11(16)3-4-12(9)22-7-10/h3-6,8H,7H2,1-2H3,(H2,17,18,19,21). The smallest absolute Gasteiger partial charge is 0.338 e. The van der Waals surface area contributed by atoms with E-state index in [1.165, 1.54) is 14.0 Å². The second kappa shape index (κ2) is 7.15. The molecule has 2 N–H and O–H groups in total. The molecule has 8 heteroatoms. The number of imide groups is 1. The molecule has 1 aliphatic rings. The Balaban J connectivity index is 2.04. The van der Waals surface area contributed by atoms with Crippen LogP contribution in [-0.4, -0.2) is 37.7 Å². The van der Waals surface area contributed by atoms with Gasteiger partial charge in [0.25, 0.3) is 5.91 Å². The van der Waals surface area contributed by atoms with Crippen LogP contribution in [0.15, 0.2) is 23.8 Å². The normalized spacial score (nSPS) is 13.8. The van der Waals surface area contributed by atoms with Gasteiger partial charge in [-0.05, 0) is 31.2 Å². The van der Waals surface area contributed by atoms with E-state index < -0.39 is 24.0 Å². The molecular weight excluding hydrogens is 324 g/mol. The highest BCUT2D eigenvalue weighted by atomic mass is 35.5. The van der Waals surface area contributed by atoms with Crippen molar-refractivity contribution >= 4 is 35.6 Å². The number of benzene rings is 1. The highest BCUT2D eigenvalue weighted by Crippen LogP contribution is 2.29. The van der Waals surface area contributed by atoms with E-state index >= 15 is 0 Å². The van der Waals surface area contributed by atoms with Crippen LogP contribution in [0.3, 0.4) is 0 Å². The second-order valence-electron chi connectivity index (χ2n) is 4.76. The molecule has 1 unspecified atom stereocenters. The second-order valence-corrected chi connectivity index (χ2v) is 5.19. The number of amides is 3. The van der Waals surface area contributed by atoms with E-state index in [4.69, 9.17) is 21.1 Å². The van der Waals surface area contributed by atoms with Gasteiger partial charge >= 0.3 is 12.0 Å². The first kappa shape index (κ1) is 16.8. The zero-order chi connectivity index (χ0) is 17.0. The fourth-order valence-corrected chi connectivity index (χ4v) is 2.01. The zero-order valence-corrected chi connectivity index (χ0v) is 13.3. The van der Waals surface area contributed by atoms with Crippen molar-refractivity contribution in [1.29, 1.82) is 0 Å². The average Bonchev–Trinajstić information content (AvgIpc) is 2.53. The van der Waals surface area contributed by atoms with E-state index in [9.17, 15) is 14.4 Å². The largest absolute Gasteiger partial charge is 0.488 e. The number of ether oxygens (including phenoxy) is 2. The number of nitrogens with one attached hydrogen (secondary N) is 2. The molecule has 7 nitrogen and oxygen atoms in total. The van der Waals surface area contributed by atoms with Gasteiger partial charge in [0.05, 0.1) is 5.57 Å². The number of carbonyl (C=O) groups is 3. The van der Waals surface area contributed by atoms with Gasteiger partial charge in [-0.1, -0.05) is 11.6 Å². The Hall–Kier alpha value is -2.54. The molecule has 1 heterocycles. The fraction of sp³-hybridized carbons (Fsp3) is 0.267. The first-order chi connectivity index (χ1) is 10.9. The van der Waals surface area contributed by atoms with Crippen LogP contribution in [0.2, 0.25) is 5.02 Å². The molecule has 0 radical (unpaired) electrons. The molecule has 1 aromatic rings. The molecule has 0 saturated carbocycles. The summed E-state index contributed by atoms with van der Waals surface area (Å²) in [6, 6.07) is 4.37. The molecule has 2 rings (SSSR count). The van der Waals surface area contributed by atoms with Crippen molar-refractivity contribution in [2.24, 2.45) is 0 Å². The minimum atomic E-state index is -1.12. The zero-order valence-electron chi connectivity index (χ0n) is 12.5. The van der Waals surface area contributed by atoms with E-state index in [-0.39, 0.29) is 12.2 Å². The molecule has 1 aromatic carbocycles. The average molecular weight is 339 g/mol. The van der Waals surface area contributed by atoms with Gasteiger partial charge in [-0.3, -0.25) is 10.1 Å². The quantitative estimate of drug-likeness (QED) is 0.815. The van der Waals surface area contributed by atoms with Crippen molar-refractivity contribution in [2.45, 2.75) is 13.0 Å². The maximum atomic E-state index is 12.1. The molecule has 0 bridgehead atoms. The van der Waals surface area contributed by atoms with Crippen molar-refractivity contribution in [2.75, 3.05) is 13.7 Å². The van der Waals surface area contributed by atoms with E-state index in [0.717, 1.165) is 0 Å². The molecule has 3 amide bonds. The van der Waals surface area contributed by atoms with E-state index in [1.54, 1.807) is 24.3 Å². The van der Waals surface area contributed by atoms with Crippen molar-refractivity contribution in [3.05, 3.63) is 34.4 Å². The summed E-state index contributed by atoms with van der Waals surface area (Å²) < 4.78 is 10.5. The molecule has 0 spiro atoms. The summed E-state index contributed by atoms with van der Waals surface area (Å²) in [5.41, 5.74) is 0.900. The first-order valence-electron chi connectivity index (χ1n) is 6.77. The SMILES string of the molecule is CNC(=O)NC(=O)C(C)OC(=O)C1=Cc2cc(Cl)ccc2OC1. The summed E-state index contributed by atoms with van der Waals surface area (Å²) in [6.07, 6.45) is 0.470. The topological polar surface area (TPSA) is 93.7 Å². The van der Waals surface area contributed by atoms with Crippen LogP contribution >= 0.6 is 11.6 Å². The lowest BCUT2D eigenvalue weighted by atomic mass is 10.1. The number of hydrogen-bond acceptors (Lipinski definition) is 5. The third-order valence-corrected chi connectivity index (χ3v) is 3.30. The first-order valence-corrected chi connectivity index (χ1v) is 7.15. The Morgan fingerprint density at radius 2 is 2.09 bits per heavy atom. The predicted octanol–water partition coefficient (Wildman–Crippen LogP) is 1.50. The molecule has 1 atom stereocenters. The fourth-order valence-electron chi connectivity index (χ4n) is 1.83. The third kappa shape index (κ3) is 4.23. The minimum absolute atomic E-state index is 0.0251. The molecule has 0 aromatic heterocycles. The number of urea groups is 1. The molecule has 0 aliphatic carbocycles. The highest BCUT2D eigenvalue weighted by Gasteiger charge is 2.24. The van der Waals surface area contributed by atoms with Crippen molar-refractivity contribution in [1.82, 2.24) is 10.6 Å². The van der Waals surface area contributed by atoms with E-state index in [0.29, 0.717) is 16.3 Å². The number of rotatable bonds is 3. The van der Waals surface area contributed by atoms with E-state index in [1.807, 2.05) is 5.32 Å². The lowest BCUT2D eigenvalue weighted by Crippen LogP contribution is -2.43. The Morgan fingerprint density at radius 1 is 1.35 bits per heavy atom. The van der Waals surface area contributed by atoms with Crippen molar-refractivity contribution in [3.8, 4) is 5.75 Å². The van der Waals surface area contributed by atoms with Crippen LogP contribution in [0.5, 0.6) is 5.75 Å². The minimum Gasteiger partial charge on any atom is -0.488 e. The molecule has 0 fully saturated rings. The number of fused-ring (bicyclic) bond motifs is 1. The maximum absolute atomic E-state index is 12.1. The van der Waals surface area contributed by atoms with Crippen LogP contribution in [0.25, 0.3) is 6.08 Å². The van der Waals surface area contributed by atoms with Crippen molar-refractivity contribution < 1.29 is 23.9 Å². The van der Waals surface area contributed by atoms with Crippen LogP contribution in [0, 0.1) is 0 Å². The van der Waals surface area contributed by atoms with Gasteiger partial charge in [-0.2, -0.15) is 0 Å². The van der Waals surface area contributed by atoms with Gasteiger partial charge in [0.1, 0.15) is 12.4 Å². The summed E-state index contributed by atoms with van der Waals surface area (Å²) in [5, 5.41) is 4.77. The van der Waals surface area contributed by atoms with Gasteiger partial charge in [0.15, 0.2) is 6.10 Å². The summed E-state index contributed by atoms with van der Waals surface area (Å²) in [5.74, 6) is -0.815. The Labute approximate surface area is 137 Å². The Bertz CT molecular complexity index is 686. The van der Waals surface area contributed by atoms with Gasteiger partial charge < -0.3 is 14.8 Å². The molecular formula is C15H15ClN2O5. The third-order valence-electron chi connectivity index (χ3n) is 3.06. The summed E-state index contributed by atoms with van der Waals surface area (Å²) in [6.45, 7) is 1.39. The molecule has 1 aliphatic heterocycles. The van der Waals surface area contributed by atoms with Crippen LogP contribution in [0.4, 0.5) is 4.79 Å². The van der Waals surface area contributed by atoms with E-state index in [2.05, 4.69) is 5.32 Å². The number of carbonyl (C=O) groups excluding carboxylic acids is 3. The highest BCUT2D eigenvalue weighted by molar-refractivity contribution is 6.30. The maximum Gasteiger partial charge on any atom is 0.338 e. The van der Waals surface area contributed by atoms with Crippen LogP contribution in [-0.2, 0) is 14.3 Å². The molecule has 122 valence electrons. The number of esters is 1. The van der Waals surface area contributed by atoms with Crippen LogP contribution in [0.1, 0.15) is 12.5 Å². The molecule has 0 saturated heterocycles. The van der Waals surface area contributed by atoms with Gasteiger partial charge in [0, 0.05) is 17.6 Å². The number of halogens is 1. The number of hydrogen-bond donors (Lipinski definition) is 2. The van der Waals surface area contributed by atoms with Crippen molar-refractivity contribution in [3.63, 3.8) is 0 Å². The predicted molar refractivity (Wildman–Crippen MR) is 83.1 cm³/mol. The summed E-state index contributed by atoms with van der Waals surface area (Å²) in [7, 11) is 1.37. The molecule has 23 heavy (non-hydrogen) atoms. The van der Waals surface area contributed by atoms with Gasteiger partial charge in [0.2, 0.25) is 0 Å². The Kier molecular flexibility index (Phi) is 5.23. The Morgan fingerprint density at radius 3 is 2.78 bits per heavy atom. The lowest BCUT2D eigenvalue weighted by Gasteiger charge is -2.19. The van der Waals surface area contributed by atoms with Gasteiger partial charge in [-0.25, -0.2) is 9.59 Å². The van der Waals surface area contributed by atoms with Gasteiger partial charge in [-0.15, -0.1) is 0 Å². The monoisotopic (exact) mass is 338 g/mol. The summed E-state index contributed by atoms with van der Waals surface area (Å²) in [4.78, 5) is 34.8. The summed E-state index contributed by atoms with van der Waals surface area (Å²) >= 11 is 5.90. The lowest BCUT2D eigenvalue weighted by molar-refractivity contribution is -0.151. The van der Waals surface area contributed by atoms with Crippen LogP contribution < -0.4 is 15.4 Å².